The minimum Gasteiger partial charge on any atom is -0.481 e. The van der Waals surface area contributed by atoms with Crippen LogP contribution in [0.4, 0.5) is 4.39 Å². The number of carboxylic acids is 1. The molecule has 21 heavy (non-hydrogen) atoms. The number of halogens is 1. The van der Waals surface area contributed by atoms with E-state index >= 15 is 0 Å². The van der Waals surface area contributed by atoms with Crippen LogP contribution >= 0.6 is 0 Å². The van der Waals surface area contributed by atoms with Crippen molar-refractivity contribution in [2.75, 3.05) is 0 Å². The van der Waals surface area contributed by atoms with Crippen molar-refractivity contribution in [1.82, 2.24) is 4.72 Å². The highest BCUT2D eigenvalue weighted by atomic mass is 32.2. The molecule has 5 nitrogen and oxygen atoms in total. The summed E-state index contributed by atoms with van der Waals surface area (Å²) in [5.74, 6) is -1.51. The Kier molecular flexibility index (Phi) is 3.29. The van der Waals surface area contributed by atoms with Crippen molar-refractivity contribution < 1.29 is 22.7 Å². The average molecular weight is 313 g/mol. The lowest BCUT2D eigenvalue weighted by molar-refractivity contribution is -0.137. The summed E-state index contributed by atoms with van der Waals surface area (Å²) in [6, 6.07) is 4.16. The van der Waals surface area contributed by atoms with Gasteiger partial charge in [0.2, 0.25) is 10.0 Å². The molecule has 0 heterocycles. The lowest BCUT2D eigenvalue weighted by atomic mass is 10.1. The summed E-state index contributed by atoms with van der Waals surface area (Å²) in [4.78, 5) is 10.3. The van der Waals surface area contributed by atoms with E-state index in [1.807, 2.05) is 0 Å². The summed E-state index contributed by atoms with van der Waals surface area (Å²) < 4.78 is 40.9. The molecule has 0 saturated heterocycles. The van der Waals surface area contributed by atoms with E-state index in [4.69, 9.17) is 5.11 Å². The first-order chi connectivity index (χ1) is 9.81. The smallest absolute Gasteiger partial charge is 0.305 e. The van der Waals surface area contributed by atoms with E-state index in [9.17, 15) is 17.6 Å². The first kappa shape index (κ1) is 14.5. The fourth-order valence-corrected chi connectivity index (χ4v) is 4.02. The molecule has 7 heteroatoms. The van der Waals surface area contributed by atoms with Crippen molar-refractivity contribution in [3.8, 4) is 0 Å². The van der Waals surface area contributed by atoms with Gasteiger partial charge in [0, 0.05) is 5.54 Å². The topological polar surface area (TPSA) is 83.5 Å². The van der Waals surface area contributed by atoms with Crippen molar-refractivity contribution in [2.24, 2.45) is 0 Å². The SMILES string of the molecule is O=C(O)CC1(NS(=O)(=O)c2ccc(C3CC3)cc2F)CC1. The fraction of sp³-hybridized carbons (Fsp3) is 0.500. The number of sulfonamides is 1. The Bertz CT molecular complexity index is 693. The van der Waals surface area contributed by atoms with Crippen molar-refractivity contribution >= 4 is 16.0 Å². The molecular weight excluding hydrogens is 297 g/mol. The molecule has 0 aromatic heterocycles. The van der Waals surface area contributed by atoms with Crippen LogP contribution in [-0.2, 0) is 14.8 Å². The van der Waals surface area contributed by atoms with E-state index in [2.05, 4.69) is 4.72 Å². The monoisotopic (exact) mass is 313 g/mol. The Hall–Kier alpha value is -1.47. The van der Waals surface area contributed by atoms with Crippen LogP contribution in [0.2, 0.25) is 0 Å². The Balaban J connectivity index is 1.83. The van der Waals surface area contributed by atoms with Gasteiger partial charge in [-0.3, -0.25) is 4.79 Å². The number of benzene rings is 1. The zero-order valence-electron chi connectivity index (χ0n) is 11.3. The molecule has 2 aliphatic rings. The van der Waals surface area contributed by atoms with E-state index in [1.165, 1.54) is 12.1 Å². The van der Waals surface area contributed by atoms with E-state index in [0.29, 0.717) is 18.8 Å². The van der Waals surface area contributed by atoms with Gasteiger partial charge in [-0.25, -0.2) is 17.5 Å². The summed E-state index contributed by atoms with van der Waals surface area (Å²) >= 11 is 0. The highest BCUT2D eigenvalue weighted by molar-refractivity contribution is 7.89. The molecule has 1 aromatic carbocycles. The maximum Gasteiger partial charge on any atom is 0.305 e. The van der Waals surface area contributed by atoms with Gasteiger partial charge in [-0.1, -0.05) is 6.07 Å². The van der Waals surface area contributed by atoms with Crippen LogP contribution in [0.3, 0.4) is 0 Å². The van der Waals surface area contributed by atoms with Crippen LogP contribution in [0, 0.1) is 5.82 Å². The van der Waals surface area contributed by atoms with Crippen LogP contribution in [0.15, 0.2) is 23.1 Å². The van der Waals surface area contributed by atoms with Gasteiger partial charge in [-0.2, -0.15) is 0 Å². The molecule has 1 aromatic rings. The second kappa shape index (κ2) is 4.78. The first-order valence-corrected chi connectivity index (χ1v) is 8.35. The highest BCUT2D eigenvalue weighted by Crippen LogP contribution is 2.42. The third kappa shape index (κ3) is 3.08. The highest BCUT2D eigenvalue weighted by Gasteiger charge is 2.48. The molecular formula is C14H16FNO4S. The number of hydrogen-bond acceptors (Lipinski definition) is 3. The summed E-state index contributed by atoms with van der Waals surface area (Å²) in [6.45, 7) is 0. The van der Waals surface area contributed by atoms with Gasteiger partial charge in [0.15, 0.2) is 0 Å². The van der Waals surface area contributed by atoms with Gasteiger partial charge in [0.25, 0.3) is 0 Å². The largest absolute Gasteiger partial charge is 0.481 e. The normalized spacial score (nSPS) is 20.2. The number of carboxylic acid groups (broad SMARTS) is 1. The molecule has 0 bridgehead atoms. The van der Waals surface area contributed by atoms with E-state index in [1.54, 1.807) is 6.07 Å². The van der Waals surface area contributed by atoms with Gasteiger partial charge in [-0.15, -0.1) is 0 Å². The zero-order chi connectivity index (χ0) is 15.3. The molecule has 0 unspecified atom stereocenters. The minimum absolute atomic E-state index is 0.284. The molecule has 2 saturated carbocycles. The second-order valence-corrected chi connectivity index (χ2v) is 7.57. The molecule has 0 atom stereocenters. The number of nitrogens with one attached hydrogen (secondary N) is 1. The quantitative estimate of drug-likeness (QED) is 0.841. The molecule has 0 radical (unpaired) electrons. The first-order valence-electron chi connectivity index (χ1n) is 6.87. The van der Waals surface area contributed by atoms with Gasteiger partial charge in [-0.05, 0) is 49.3 Å². The summed E-state index contributed by atoms with van der Waals surface area (Å²) in [5, 5.41) is 8.81. The Labute approximate surface area is 122 Å². The lowest BCUT2D eigenvalue weighted by Gasteiger charge is -2.16. The second-order valence-electron chi connectivity index (χ2n) is 5.92. The Morgan fingerprint density at radius 2 is 2.05 bits per heavy atom. The van der Waals surface area contributed by atoms with Crippen molar-refractivity contribution in [3.63, 3.8) is 0 Å². The van der Waals surface area contributed by atoms with E-state index in [0.717, 1.165) is 18.4 Å². The molecule has 114 valence electrons. The standard InChI is InChI=1S/C14H16FNO4S/c15-11-7-10(9-1-2-9)3-4-12(11)21(19,20)16-14(5-6-14)8-13(17)18/h3-4,7,9,16H,1-2,5-6,8H2,(H,17,18). The van der Waals surface area contributed by atoms with Gasteiger partial charge >= 0.3 is 5.97 Å². The molecule has 0 amide bonds. The van der Waals surface area contributed by atoms with Gasteiger partial charge < -0.3 is 5.11 Å². The predicted molar refractivity (Wildman–Crippen MR) is 72.9 cm³/mol. The summed E-state index contributed by atoms with van der Waals surface area (Å²) in [7, 11) is -4.04. The number of carbonyl (C=O) groups is 1. The number of aliphatic carboxylic acids is 1. The van der Waals surface area contributed by atoms with Crippen LogP contribution in [-0.4, -0.2) is 25.0 Å². The minimum atomic E-state index is -4.04. The maximum absolute atomic E-state index is 14.1. The molecule has 2 aliphatic carbocycles. The van der Waals surface area contributed by atoms with E-state index in [-0.39, 0.29) is 6.42 Å². The summed E-state index contributed by atoms with van der Waals surface area (Å²) in [6.07, 6.45) is 2.64. The van der Waals surface area contributed by atoms with Crippen LogP contribution in [0.1, 0.15) is 43.6 Å². The van der Waals surface area contributed by atoms with E-state index < -0.39 is 32.2 Å². The molecule has 3 rings (SSSR count). The summed E-state index contributed by atoms with van der Waals surface area (Å²) in [5.41, 5.74) is -0.134. The van der Waals surface area contributed by atoms with Crippen molar-refractivity contribution in [3.05, 3.63) is 29.6 Å². The lowest BCUT2D eigenvalue weighted by Crippen LogP contribution is -2.38. The van der Waals surface area contributed by atoms with Crippen LogP contribution in [0.5, 0.6) is 0 Å². The van der Waals surface area contributed by atoms with Gasteiger partial charge in [0.1, 0.15) is 10.7 Å². The number of hydrogen-bond donors (Lipinski definition) is 2. The Morgan fingerprint density at radius 3 is 2.52 bits per heavy atom. The van der Waals surface area contributed by atoms with Gasteiger partial charge in [0.05, 0.1) is 6.42 Å². The van der Waals surface area contributed by atoms with Crippen LogP contribution in [0.25, 0.3) is 0 Å². The molecule has 2 N–H and O–H groups in total. The third-order valence-electron chi connectivity index (χ3n) is 3.99. The molecule has 0 spiro atoms. The third-order valence-corrected chi connectivity index (χ3v) is 5.60. The average Bonchev–Trinajstić information content (AvgIpc) is 3.22. The fourth-order valence-electron chi connectivity index (χ4n) is 2.50. The predicted octanol–water partition coefficient (Wildman–Crippen LogP) is 1.99. The number of rotatable bonds is 6. The van der Waals surface area contributed by atoms with Crippen molar-refractivity contribution in [2.45, 2.75) is 48.5 Å². The van der Waals surface area contributed by atoms with Crippen LogP contribution < -0.4 is 4.72 Å². The molecule has 0 aliphatic heterocycles. The zero-order valence-corrected chi connectivity index (χ0v) is 12.1. The van der Waals surface area contributed by atoms with Crippen molar-refractivity contribution in [1.29, 1.82) is 0 Å². The Morgan fingerprint density at radius 1 is 1.38 bits per heavy atom. The molecule has 2 fully saturated rings. The maximum atomic E-state index is 14.1.